The quantitative estimate of drug-likeness (QED) is 0.343. The Hall–Kier alpha value is -3.65. The van der Waals surface area contributed by atoms with Crippen molar-refractivity contribution in [3.8, 4) is 11.4 Å². The van der Waals surface area contributed by atoms with Crippen LogP contribution in [0, 0.1) is 12.7 Å². The van der Waals surface area contributed by atoms with Crippen molar-refractivity contribution in [3.63, 3.8) is 0 Å². The SMILES string of the molecule is Cc1ccc(-c2nnc(SC(C(=O)Nc3ccc(F)cc3)c3ccccc3)n2N)cc1. The second-order valence-corrected chi connectivity index (χ2v) is 8.02. The van der Waals surface area contributed by atoms with Gasteiger partial charge < -0.3 is 11.2 Å². The summed E-state index contributed by atoms with van der Waals surface area (Å²) in [5.41, 5.74) is 3.25. The Morgan fingerprint density at radius 1 is 1.00 bits per heavy atom. The van der Waals surface area contributed by atoms with Crippen LogP contribution in [0.15, 0.2) is 84.0 Å². The molecule has 156 valence electrons. The van der Waals surface area contributed by atoms with Crippen LogP contribution in [0.4, 0.5) is 10.1 Å². The summed E-state index contributed by atoms with van der Waals surface area (Å²) in [6, 6.07) is 22.7. The molecular weight excluding hydrogens is 413 g/mol. The van der Waals surface area contributed by atoms with E-state index in [2.05, 4.69) is 15.5 Å². The van der Waals surface area contributed by atoms with Gasteiger partial charge in [-0.2, -0.15) is 0 Å². The minimum atomic E-state index is -0.636. The van der Waals surface area contributed by atoms with Gasteiger partial charge in [-0.05, 0) is 36.8 Å². The number of nitrogens with two attached hydrogens (primary N) is 1. The fourth-order valence-electron chi connectivity index (χ4n) is 3.00. The second-order valence-electron chi connectivity index (χ2n) is 6.95. The van der Waals surface area contributed by atoms with Gasteiger partial charge >= 0.3 is 0 Å². The standard InChI is InChI=1S/C23H20FN5OS/c1-15-7-9-17(10-8-15)21-27-28-23(29(21)25)31-20(16-5-3-2-4-6-16)22(30)26-19-13-11-18(24)12-14-19/h2-14,20H,25H2,1H3,(H,26,30). The number of hydrogen-bond acceptors (Lipinski definition) is 5. The Morgan fingerprint density at radius 3 is 2.35 bits per heavy atom. The number of hydrogen-bond donors (Lipinski definition) is 2. The largest absolute Gasteiger partial charge is 0.335 e. The molecule has 4 aromatic rings. The van der Waals surface area contributed by atoms with E-state index in [1.54, 1.807) is 0 Å². The summed E-state index contributed by atoms with van der Waals surface area (Å²) in [6.07, 6.45) is 0. The van der Waals surface area contributed by atoms with Crippen molar-refractivity contribution in [3.05, 3.63) is 95.8 Å². The predicted octanol–water partition coefficient (Wildman–Crippen LogP) is 4.58. The molecule has 1 amide bonds. The zero-order chi connectivity index (χ0) is 21.8. The molecule has 1 unspecified atom stereocenters. The summed E-state index contributed by atoms with van der Waals surface area (Å²) < 4.78 is 14.6. The van der Waals surface area contributed by atoms with Crippen molar-refractivity contribution in [1.29, 1.82) is 0 Å². The number of aromatic nitrogens is 3. The summed E-state index contributed by atoms with van der Waals surface area (Å²) in [7, 11) is 0. The first kappa shape index (κ1) is 20.6. The van der Waals surface area contributed by atoms with E-state index in [1.807, 2.05) is 61.5 Å². The van der Waals surface area contributed by atoms with Crippen LogP contribution < -0.4 is 11.2 Å². The van der Waals surface area contributed by atoms with Gasteiger partial charge in [0.15, 0.2) is 5.82 Å². The first-order valence-electron chi connectivity index (χ1n) is 9.57. The molecule has 0 saturated carbocycles. The Balaban J connectivity index is 1.62. The smallest absolute Gasteiger partial charge is 0.242 e. The highest BCUT2D eigenvalue weighted by Gasteiger charge is 2.25. The topological polar surface area (TPSA) is 85.8 Å². The zero-order valence-electron chi connectivity index (χ0n) is 16.7. The third-order valence-corrected chi connectivity index (χ3v) is 5.86. The van der Waals surface area contributed by atoms with Crippen LogP contribution in [-0.4, -0.2) is 20.8 Å². The number of carbonyl (C=O) groups is 1. The first-order valence-corrected chi connectivity index (χ1v) is 10.4. The molecule has 6 nitrogen and oxygen atoms in total. The number of nitrogen functional groups attached to an aromatic ring is 1. The minimum absolute atomic E-state index is 0.275. The lowest BCUT2D eigenvalue weighted by atomic mass is 10.1. The number of nitrogens with one attached hydrogen (secondary N) is 1. The van der Waals surface area contributed by atoms with E-state index in [-0.39, 0.29) is 11.7 Å². The van der Waals surface area contributed by atoms with Crippen molar-refractivity contribution in [2.45, 2.75) is 17.3 Å². The molecule has 8 heteroatoms. The molecule has 0 bridgehead atoms. The van der Waals surface area contributed by atoms with E-state index in [1.165, 1.54) is 40.7 Å². The lowest BCUT2D eigenvalue weighted by Crippen LogP contribution is -2.20. The first-order chi connectivity index (χ1) is 15.0. The van der Waals surface area contributed by atoms with Gasteiger partial charge in [0, 0.05) is 11.3 Å². The Bertz CT molecular complexity index is 1180. The number of halogens is 1. The number of rotatable bonds is 6. The molecule has 1 aromatic heterocycles. The predicted molar refractivity (Wildman–Crippen MR) is 120 cm³/mol. The van der Waals surface area contributed by atoms with Gasteiger partial charge in [0.05, 0.1) is 0 Å². The lowest BCUT2D eigenvalue weighted by Gasteiger charge is -2.16. The zero-order valence-corrected chi connectivity index (χ0v) is 17.5. The van der Waals surface area contributed by atoms with Crippen molar-refractivity contribution in [2.75, 3.05) is 11.2 Å². The molecule has 31 heavy (non-hydrogen) atoms. The number of benzene rings is 3. The molecule has 4 rings (SSSR count). The van der Waals surface area contributed by atoms with E-state index in [0.717, 1.165) is 16.7 Å². The molecule has 0 aliphatic rings. The second kappa shape index (κ2) is 9.01. The minimum Gasteiger partial charge on any atom is -0.335 e. The van der Waals surface area contributed by atoms with Gasteiger partial charge in [-0.3, -0.25) is 4.79 Å². The van der Waals surface area contributed by atoms with E-state index in [9.17, 15) is 9.18 Å². The maximum Gasteiger partial charge on any atom is 0.242 e. The van der Waals surface area contributed by atoms with Gasteiger partial charge in [-0.1, -0.05) is 71.9 Å². The fraction of sp³-hybridized carbons (Fsp3) is 0.0870. The molecule has 0 aliphatic carbocycles. The summed E-state index contributed by atoms with van der Waals surface area (Å²) in [6.45, 7) is 2.00. The summed E-state index contributed by atoms with van der Waals surface area (Å²) >= 11 is 1.20. The van der Waals surface area contributed by atoms with E-state index < -0.39 is 5.25 Å². The van der Waals surface area contributed by atoms with E-state index in [4.69, 9.17) is 5.84 Å². The third kappa shape index (κ3) is 4.75. The van der Waals surface area contributed by atoms with Gasteiger partial charge in [0.25, 0.3) is 0 Å². The van der Waals surface area contributed by atoms with Crippen LogP contribution in [0.5, 0.6) is 0 Å². The Kier molecular flexibility index (Phi) is 5.99. The average molecular weight is 434 g/mol. The van der Waals surface area contributed by atoms with Crippen molar-refractivity contribution < 1.29 is 9.18 Å². The molecule has 0 spiro atoms. The maximum absolute atomic E-state index is 13.2. The van der Waals surface area contributed by atoms with Crippen LogP contribution in [0.2, 0.25) is 0 Å². The molecular formula is C23H20FN5OS. The molecule has 1 heterocycles. The van der Waals surface area contributed by atoms with Crippen molar-refractivity contribution >= 4 is 23.4 Å². The molecule has 0 fully saturated rings. The highest BCUT2D eigenvalue weighted by molar-refractivity contribution is 8.00. The van der Waals surface area contributed by atoms with Gasteiger partial charge in [-0.25, -0.2) is 9.07 Å². The molecule has 0 radical (unpaired) electrons. The summed E-state index contributed by atoms with van der Waals surface area (Å²) in [5, 5.41) is 11.0. The lowest BCUT2D eigenvalue weighted by molar-refractivity contribution is -0.115. The van der Waals surface area contributed by atoms with Crippen LogP contribution in [0.3, 0.4) is 0 Å². The van der Waals surface area contributed by atoms with Crippen LogP contribution in [-0.2, 0) is 4.79 Å². The normalized spacial score (nSPS) is 11.8. The van der Waals surface area contributed by atoms with Crippen molar-refractivity contribution in [2.24, 2.45) is 0 Å². The monoisotopic (exact) mass is 433 g/mol. The maximum atomic E-state index is 13.2. The van der Waals surface area contributed by atoms with Crippen LogP contribution >= 0.6 is 11.8 Å². The van der Waals surface area contributed by atoms with Crippen molar-refractivity contribution in [1.82, 2.24) is 14.9 Å². The Labute approximate surface area is 183 Å². The molecule has 0 aliphatic heterocycles. The highest BCUT2D eigenvalue weighted by atomic mass is 32.2. The number of aryl methyl sites for hydroxylation is 1. The third-order valence-electron chi connectivity index (χ3n) is 4.65. The number of thioether (sulfide) groups is 1. The summed E-state index contributed by atoms with van der Waals surface area (Å²) in [4.78, 5) is 13.1. The summed E-state index contributed by atoms with van der Waals surface area (Å²) in [5.74, 6) is 6.13. The van der Waals surface area contributed by atoms with Crippen LogP contribution in [0.1, 0.15) is 16.4 Å². The van der Waals surface area contributed by atoms with Crippen LogP contribution in [0.25, 0.3) is 11.4 Å². The highest BCUT2D eigenvalue weighted by Crippen LogP contribution is 2.36. The number of nitrogens with zero attached hydrogens (tertiary/aromatic N) is 3. The van der Waals surface area contributed by atoms with E-state index in [0.29, 0.717) is 16.7 Å². The fourth-order valence-corrected chi connectivity index (χ4v) is 3.96. The van der Waals surface area contributed by atoms with Gasteiger partial charge in [0.1, 0.15) is 11.1 Å². The van der Waals surface area contributed by atoms with E-state index >= 15 is 0 Å². The average Bonchev–Trinajstić information content (AvgIpc) is 3.15. The van der Waals surface area contributed by atoms with Gasteiger partial charge in [0.2, 0.25) is 11.1 Å². The number of carbonyl (C=O) groups excluding carboxylic acids is 1. The molecule has 3 aromatic carbocycles. The molecule has 0 saturated heterocycles. The number of amides is 1. The van der Waals surface area contributed by atoms with Gasteiger partial charge in [-0.15, -0.1) is 10.2 Å². The Morgan fingerprint density at radius 2 is 1.68 bits per heavy atom. The molecule has 3 N–H and O–H groups in total. The number of anilines is 1. The molecule has 1 atom stereocenters.